The number of anilines is 2. The first-order chi connectivity index (χ1) is 11.5. The molecule has 0 radical (unpaired) electrons. The lowest BCUT2D eigenvalue weighted by Crippen LogP contribution is -2.24. The van der Waals surface area contributed by atoms with E-state index in [1.54, 1.807) is 13.8 Å². The molecule has 0 unspecified atom stereocenters. The quantitative estimate of drug-likeness (QED) is 0.419. The molecule has 0 saturated carbocycles. The maximum Gasteiger partial charge on any atom is 0.333 e. The highest BCUT2D eigenvalue weighted by Crippen LogP contribution is 2.30. The molecule has 130 valence electrons. The predicted molar refractivity (Wildman–Crippen MR) is 104 cm³/mol. The first-order valence-corrected chi connectivity index (χ1v) is 8.13. The second-order valence-electron chi connectivity index (χ2n) is 5.51. The summed E-state index contributed by atoms with van der Waals surface area (Å²) in [6, 6.07) is 4.16. The minimum absolute atomic E-state index is 0.285. The molecule has 1 rings (SSSR count). The fourth-order valence-electron chi connectivity index (χ4n) is 2.45. The molecule has 0 aliphatic heterocycles. The summed E-state index contributed by atoms with van der Waals surface area (Å²) in [6.45, 7) is 15.1. The van der Waals surface area contributed by atoms with E-state index in [4.69, 9.17) is 4.74 Å². The molecular weight excluding hydrogens is 300 g/mol. The van der Waals surface area contributed by atoms with Gasteiger partial charge in [-0.05, 0) is 50.1 Å². The lowest BCUT2D eigenvalue weighted by molar-refractivity contribution is -0.138. The molecule has 0 atom stereocenters. The summed E-state index contributed by atoms with van der Waals surface area (Å²) in [5, 5.41) is 3.23. The van der Waals surface area contributed by atoms with E-state index in [1.165, 1.54) is 0 Å². The van der Waals surface area contributed by atoms with Crippen molar-refractivity contribution in [3.63, 3.8) is 0 Å². The molecule has 0 heterocycles. The zero-order valence-corrected chi connectivity index (χ0v) is 15.2. The van der Waals surface area contributed by atoms with E-state index >= 15 is 0 Å². The van der Waals surface area contributed by atoms with Gasteiger partial charge in [0.05, 0.1) is 18.0 Å². The minimum Gasteiger partial charge on any atom is -0.463 e. The molecule has 0 saturated heterocycles. The lowest BCUT2D eigenvalue weighted by atomic mass is 10.0. The Morgan fingerprint density at radius 3 is 2.42 bits per heavy atom. The second-order valence-corrected chi connectivity index (χ2v) is 5.51. The van der Waals surface area contributed by atoms with E-state index in [0.29, 0.717) is 12.2 Å². The van der Waals surface area contributed by atoms with Crippen molar-refractivity contribution in [1.82, 2.24) is 0 Å². The highest BCUT2D eigenvalue weighted by molar-refractivity contribution is 5.93. The normalized spacial score (nSPS) is 10.9. The Hall–Kier alpha value is -2.49. The van der Waals surface area contributed by atoms with Crippen molar-refractivity contribution in [1.29, 1.82) is 0 Å². The number of rotatable bonds is 9. The van der Waals surface area contributed by atoms with Crippen LogP contribution in [0.2, 0.25) is 0 Å². The van der Waals surface area contributed by atoms with Gasteiger partial charge in [0, 0.05) is 25.7 Å². The van der Waals surface area contributed by atoms with Gasteiger partial charge in [0.2, 0.25) is 0 Å². The summed E-state index contributed by atoms with van der Waals surface area (Å²) in [5.41, 5.74) is 4.74. The van der Waals surface area contributed by atoms with Crippen LogP contribution in [0.25, 0.3) is 6.08 Å². The average molecular weight is 328 g/mol. The molecule has 0 aliphatic rings. The van der Waals surface area contributed by atoms with E-state index in [-0.39, 0.29) is 5.97 Å². The molecule has 24 heavy (non-hydrogen) atoms. The van der Waals surface area contributed by atoms with Gasteiger partial charge in [0.25, 0.3) is 0 Å². The van der Waals surface area contributed by atoms with Crippen LogP contribution in [0.1, 0.15) is 25.0 Å². The first-order valence-electron chi connectivity index (χ1n) is 8.13. The fourth-order valence-corrected chi connectivity index (χ4v) is 2.45. The SMILES string of the molecule is C=CCN(CC=C)c1cc(C)c(/C=C(\C)C(=O)OCC)cc1NC. The number of carbonyl (C=O) groups is 1. The topological polar surface area (TPSA) is 41.6 Å². The summed E-state index contributed by atoms with van der Waals surface area (Å²) in [6.07, 6.45) is 5.61. The Morgan fingerprint density at radius 1 is 1.29 bits per heavy atom. The first kappa shape index (κ1) is 19.6. The Balaban J connectivity index is 3.28. The van der Waals surface area contributed by atoms with Crippen molar-refractivity contribution in [2.75, 3.05) is 37.0 Å². The van der Waals surface area contributed by atoms with Gasteiger partial charge in [-0.2, -0.15) is 0 Å². The maximum atomic E-state index is 11.8. The summed E-state index contributed by atoms with van der Waals surface area (Å²) in [5.74, 6) is -0.285. The number of hydrogen-bond acceptors (Lipinski definition) is 4. The summed E-state index contributed by atoms with van der Waals surface area (Å²) in [4.78, 5) is 14.0. The van der Waals surface area contributed by atoms with E-state index in [1.807, 2.05) is 38.3 Å². The molecule has 1 aromatic carbocycles. The van der Waals surface area contributed by atoms with Crippen LogP contribution in [-0.4, -0.2) is 32.7 Å². The Morgan fingerprint density at radius 2 is 1.92 bits per heavy atom. The van der Waals surface area contributed by atoms with E-state index < -0.39 is 0 Å². The van der Waals surface area contributed by atoms with Crippen LogP contribution in [0.15, 0.2) is 43.0 Å². The summed E-state index contributed by atoms with van der Waals surface area (Å²) >= 11 is 0. The summed E-state index contributed by atoms with van der Waals surface area (Å²) in [7, 11) is 1.89. The van der Waals surface area contributed by atoms with Gasteiger partial charge < -0.3 is 15.0 Å². The smallest absolute Gasteiger partial charge is 0.333 e. The van der Waals surface area contributed by atoms with Crippen molar-refractivity contribution in [2.24, 2.45) is 0 Å². The van der Waals surface area contributed by atoms with Gasteiger partial charge in [-0.1, -0.05) is 12.2 Å². The van der Waals surface area contributed by atoms with Gasteiger partial charge in [-0.25, -0.2) is 4.79 Å². The van der Waals surface area contributed by atoms with Gasteiger partial charge >= 0.3 is 5.97 Å². The number of hydrogen-bond donors (Lipinski definition) is 1. The Kier molecular flexibility index (Phi) is 7.83. The van der Waals surface area contributed by atoms with Crippen LogP contribution < -0.4 is 10.2 Å². The zero-order valence-electron chi connectivity index (χ0n) is 15.2. The largest absolute Gasteiger partial charge is 0.463 e. The fraction of sp³-hybridized carbons (Fsp3) is 0.350. The number of carbonyl (C=O) groups excluding carboxylic acids is 1. The zero-order chi connectivity index (χ0) is 18.1. The monoisotopic (exact) mass is 328 g/mol. The Bertz CT molecular complexity index is 623. The predicted octanol–water partition coefficient (Wildman–Crippen LogP) is 4.18. The number of esters is 1. The highest BCUT2D eigenvalue weighted by atomic mass is 16.5. The number of ether oxygens (including phenoxy) is 1. The molecule has 0 spiro atoms. The van der Waals surface area contributed by atoms with E-state index in [9.17, 15) is 4.79 Å². The molecule has 1 aromatic rings. The van der Waals surface area contributed by atoms with Gasteiger partial charge in [0.1, 0.15) is 0 Å². The molecule has 0 aliphatic carbocycles. The lowest BCUT2D eigenvalue weighted by Gasteiger charge is -2.25. The Labute approximate surface area is 145 Å². The van der Waals surface area contributed by atoms with Crippen LogP contribution in [0.3, 0.4) is 0 Å². The van der Waals surface area contributed by atoms with Crippen LogP contribution in [-0.2, 0) is 9.53 Å². The molecule has 4 heteroatoms. The number of aryl methyl sites for hydroxylation is 1. The van der Waals surface area contributed by atoms with Crippen molar-refractivity contribution >= 4 is 23.4 Å². The number of nitrogens with zero attached hydrogens (tertiary/aromatic N) is 1. The number of benzene rings is 1. The second kappa shape index (κ2) is 9.60. The van der Waals surface area contributed by atoms with Crippen molar-refractivity contribution in [3.05, 3.63) is 54.1 Å². The molecular formula is C20H28N2O2. The molecule has 0 bridgehead atoms. The van der Waals surface area contributed by atoms with Crippen LogP contribution in [0.4, 0.5) is 11.4 Å². The van der Waals surface area contributed by atoms with E-state index in [0.717, 1.165) is 35.6 Å². The van der Waals surface area contributed by atoms with Gasteiger partial charge in [0.15, 0.2) is 0 Å². The molecule has 0 aromatic heterocycles. The maximum absolute atomic E-state index is 11.8. The molecule has 1 N–H and O–H groups in total. The summed E-state index contributed by atoms with van der Waals surface area (Å²) < 4.78 is 5.04. The molecule has 0 fully saturated rings. The van der Waals surface area contributed by atoms with Gasteiger partial charge in [-0.15, -0.1) is 13.2 Å². The minimum atomic E-state index is -0.285. The van der Waals surface area contributed by atoms with Crippen molar-refractivity contribution < 1.29 is 9.53 Å². The third-order valence-corrected chi connectivity index (χ3v) is 3.66. The van der Waals surface area contributed by atoms with Gasteiger partial charge in [-0.3, -0.25) is 0 Å². The molecule has 4 nitrogen and oxygen atoms in total. The third-order valence-electron chi connectivity index (χ3n) is 3.66. The van der Waals surface area contributed by atoms with Crippen LogP contribution >= 0.6 is 0 Å². The third kappa shape index (κ3) is 5.01. The van der Waals surface area contributed by atoms with Crippen LogP contribution in [0, 0.1) is 6.92 Å². The van der Waals surface area contributed by atoms with Crippen molar-refractivity contribution in [3.8, 4) is 0 Å². The van der Waals surface area contributed by atoms with E-state index in [2.05, 4.69) is 29.4 Å². The number of nitrogens with one attached hydrogen (secondary N) is 1. The molecule has 0 amide bonds. The van der Waals surface area contributed by atoms with Crippen LogP contribution in [0.5, 0.6) is 0 Å². The highest BCUT2D eigenvalue weighted by Gasteiger charge is 2.12. The average Bonchev–Trinajstić information content (AvgIpc) is 2.56. The van der Waals surface area contributed by atoms with Crippen molar-refractivity contribution in [2.45, 2.75) is 20.8 Å². The standard InChI is InChI=1S/C20H28N2O2/c1-7-10-22(11-8-2)19-13-15(4)17(14-18(19)21-6)12-16(5)20(23)24-9-3/h7-8,12-14,21H,1-2,9-11H2,3-6H3/b16-12+.